The number of nitrogens with zero attached hydrogens (tertiary/aromatic N) is 3. The smallest absolute Gasteiger partial charge is 0.319 e. The summed E-state index contributed by atoms with van der Waals surface area (Å²) >= 11 is 3.56. The van der Waals surface area contributed by atoms with Gasteiger partial charge in [0.15, 0.2) is 0 Å². The van der Waals surface area contributed by atoms with Crippen LogP contribution in [-0.2, 0) is 9.53 Å². The lowest BCUT2D eigenvalue weighted by Crippen LogP contribution is -2.48. The molecule has 0 unspecified atom stereocenters. The molecule has 2 aromatic rings. The maximum atomic E-state index is 11.3. The van der Waals surface area contributed by atoms with Crippen LogP contribution in [0.15, 0.2) is 34.8 Å². The zero-order chi connectivity index (χ0) is 15.5. The number of piperazine rings is 1. The van der Waals surface area contributed by atoms with Gasteiger partial charge in [0.1, 0.15) is 5.82 Å². The summed E-state index contributed by atoms with van der Waals surface area (Å²) in [7, 11) is 1.43. The Balaban J connectivity index is 1.71. The highest BCUT2D eigenvalue weighted by Gasteiger charge is 2.20. The molecule has 1 aliphatic rings. The molecule has 0 aliphatic carbocycles. The molecule has 1 aromatic carbocycles. The Hall–Kier alpha value is -1.66. The lowest BCUT2D eigenvalue weighted by atomic mass is 10.2. The van der Waals surface area contributed by atoms with Crippen molar-refractivity contribution in [2.45, 2.75) is 0 Å². The maximum Gasteiger partial charge on any atom is 0.319 e. The number of para-hydroxylation sites is 1. The van der Waals surface area contributed by atoms with Gasteiger partial charge in [-0.05, 0) is 34.1 Å². The van der Waals surface area contributed by atoms with Crippen molar-refractivity contribution in [2.75, 3.05) is 44.7 Å². The number of rotatable bonds is 3. The lowest BCUT2D eigenvalue weighted by Gasteiger charge is -2.34. The molecule has 22 heavy (non-hydrogen) atoms. The van der Waals surface area contributed by atoms with Crippen LogP contribution < -0.4 is 4.90 Å². The number of hydrogen-bond donors (Lipinski definition) is 0. The van der Waals surface area contributed by atoms with Crippen molar-refractivity contribution in [3.05, 3.63) is 34.8 Å². The zero-order valence-electron chi connectivity index (χ0n) is 12.5. The van der Waals surface area contributed by atoms with Gasteiger partial charge in [-0.25, -0.2) is 4.98 Å². The van der Waals surface area contributed by atoms with Crippen LogP contribution in [-0.4, -0.2) is 55.7 Å². The second kappa shape index (κ2) is 6.62. The molecule has 1 saturated heterocycles. The quantitative estimate of drug-likeness (QED) is 0.783. The molecule has 3 rings (SSSR count). The third kappa shape index (κ3) is 3.23. The number of anilines is 1. The standard InChI is InChI=1S/C16H18BrN3O2/c1-22-15(21)11-19-7-9-20(10-8-19)14-6-5-12-3-2-4-13(17)16(12)18-14/h2-6H,7-11H2,1H3. The molecule has 6 heteroatoms. The zero-order valence-corrected chi connectivity index (χ0v) is 14.0. The average Bonchev–Trinajstić information content (AvgIpc) is 2.55. The molecular weight excluding hydrogens is 346 g/mol. The van der Waals surface area contributed by atoms with Crippen LogP contribution in [0.2, 0.25) is 0 Å². The molecule has 5 nitrogen and oxygen atoms in total. The number of methoxy groups -OCH3 is 1. The number of benzene rings is 1. The van der Waals surface area contributed by atoms with E-state index in [1.54, 1.807) is 0 Å². The number of aromatic nitrogens is 1. The van der Waals surface area contributed by atoms with Gasteiger partial charge >= 0.3 is 5.97 Å². The van der Waals surface area contributed by atoms with Crippen LogP contribution in [0.5, 0.6) is 0 Å². The highest BCUT2D eigenvalue weighted by Crippen LogP contribution is 2.25. The molecule has 116 valence electrons. The van der Waals surface area contributed by atoms with E-state index < -0.39 is 0 Å². The summed E-state index contributed by atoms with van der Waals surface area (Å²) in [5, 5.41) is 1.13. The van der Waals surface area contributed by atoms with Crippen molar-refractivity contribution in [1.29, 1.82) is 0 Å². The van der Waals surface area contributed by atoms with Gasteiger partial charge in [-0.2, -0.15) is 0 Å². The molecule has 1 aromatic heterocycles. The molecule has 0 atom stereocenters. The van der Waals surface area contributed by atoms with Crippen LogP contribution in [0.3, 0.4) is 0 Å². The van der Waals surface area contributed by atoms with Gasteiger partial charge in [-0.1, -0.05) is 12.1 Å². The Kier molecular flexibility index (Phi) is 4.59. The number of pyridine rings is 1. The molecular formula is C16H18BrN3O2. The highest BCUT2D eigenvalue weighted by atomic mass is 79.9. The molecule has 1 fully saturated rings. The fraction of sp³-hybridized carbons (Fsp3) is 0.375. The number of ether oxygens (including phenoxy) is 1. The Labute approximate surface area is 138 Å². The van der Waals surface area contributed by atoms with E-state index in [9.17, 15) is 4.79 Å². The van der Waals surface area contributed by atoms with E-state index in [0.29, 0.717) is 6.54 Å². The fourth-order valence-electron chi connectivity index (χ4n) is 2.66. The SMILES string of the molecule is COC(=O)CN1CCN(c2ccc3cccc(Br)c3n2)CC1. The molecule has 0 amide bonds. The highest BCUT2D eigenvalue weighted by molar-refractivity contribution is 9.10. The molecule has 2 heterocycles. The number of hydrogen-bond acceptors (Lipinski definition) is 5. The van der Waals surface area contributed by atoms with Gasteiger partial charge in [0, 0.05) is 36.0 Å². The first-order valence-electron chi connectivity index (χ1n) is 7.27. The second-order valence-electron chi connectivity index (χ2n) is 5.32. The molecule has 0 N–H and O–H groups in total. The average molecular weight is 364 g/mol. The van der Waals surface area contributed by atoms with Crippen LogP contribution >= 0.6 is 15.9 Å². The molecule has 0 radical (unpaired) electrons. The van der Waals surface area contributed by atoms with E-state index in [0.717, 1.165) is 47.4 Å². The van der Waals surface area contributed by atoms with Crippen LogP contribution in [0.1, 0.15) is 0 Å². The largest absolute Gasteiger partial charge is 0.468 e. The van der Waals surface area contributed by atoms with Crippen molar-refractivity contribution in [3.8, 4) is 0 Å². The van der Waals surface area contributed by atoms with Gasteiger partial charge < -0.3 is 9.64 Å². The van der Waals surface area contributed by atoms with E-state index in [1.165, 1.54) is 7.11 Å². The number of carbonyl (C=O) groups is 1. The Bertz CT molecular complexity index is 684. The number of esters is 1. The molecule has 0 spiro atoms. The molecule has 0 bridgehead atoms. The molecule has 1 aliphatic heterocycles. The van der Waals surface area contributed by atoms with Crippen molar-refractivity contribution in [2.24, 2.45) is 0 Å². The minimum atomic E-state index is -0.179. The van der Waals surface area contributed by atoms with Crippen molar-refractivity contribution >= 4 is 38.6 Å². The minimum Gasteiger partial charge on any atom is -0.468 e. The second-order valence-corrected chi connectivity index (χ2v) is 6.17. The van der Waals surface area contributed by atoms with E-state index in [2.05, 4.69) is 43.9 Å². The predicted molar refractivity (Wildman–Crippen MR) is 90.1 cm³/mol. The molecule has 0 saturated carbocycles. The Morgan fingerprint density at radius 2 is 2.00 bits per heavy atom. The minimum absolute atomic E-state index is 0.179. The van der Waals surface area contributed by atoms with Gasteiger partial charge in [0.2, 0.25) is 0 Å². The van der Waals surface area contributed by atoms with Gasteiger partial charge in [-0.3, -0.25) is 9.69 Å². The summed E-state index contributed by atoms with van der Waals surface area (Å²) in [6.45, 7) is 3.76. The summed E-state index contributed by atoms with van der Waals surface area (Å²) in [6.07, 6.45) is 0. The van der Waals surface area contributed by atoms with Gasteiger partial charge in [0.25, 0.3) is 0 Å². The van der Waals surface area contributed by atoms with Crippen LogP contribution in [0, 0.1) is 0 Å². The monoisotopic (exact) mass is 363 g/mol. The van der Waals surface area contributed by atoms with Gasteiger partial charge in [0.05, 0.1) is 19.2 Å². The summed E-state index contributed by atoms with van der Waals surface area (Å²) in [4.78, 5) is 20.5. The van der Waals surface area contributed by atoms with E-state index >= 15 is 0 Å². The van der Waals surface area contributed by atoms with E-state index in [4.69, 9.17) is 9.72 Å². The van der Waals surface area contributed by atoms with Crippen LogP contribution in [0.25, 0.3) is 10.9 Å². The number of carbonyl (C=O) groups excluding carboxylic acids is 1. The third-order valence-electron chi connectivity index (χ3n) is 3.93. The van der Waals surface area contributed by atoms with Gasteiger partial charge in [-0.15, -0.1) is 0 Å². The Morgan fingerprint density at radius 1 is 1.23 bits per heavy atom. The Morgan fingerprint density at radius 3 is 2.73 bits per heavy atom. The van der Waals surface area contributed by atoms with Crippen LogP contribution in [0.4, 0.5) is 5.82 Å². The first kappa shape index (κ1) is 15.2. The third-order valence-corrected chi connectivity index (χ3v) is 4.57. The predicted octanol–water partition coefficient (Wildman–Crippen LogP) is 2.29. The summed E-state index contributed by atoms with van der Waals surface area (Å²) < 4.78 is 5.72. The van der Waals surface area contributed by atoms with E-state index in [1.807, 2.05) is 12.1 Å². The number of halogens is 1. The normalized spacial score (nSPS) is 16.0. The van der Waals surface area contributed by atoms with Crippen molar-refractivity contribution in [3.63, 3.8) is 0 Å². The first-order valence-corrected chi connectivity index (χ1v) is 8.06. The maximum absolute atomic E-state index is 11.3. The fourth-order valence-corrected chi connectivity index (χ4v) is 3.13. The summed E-state index contributed by atoms with van der Waals surface area (Å²) in [6, 6.07) is 10.2. The lowest BCUT2D eigenvalue weighted by molar-refractivity contribution is -0.142. The first-order chi connectivity index (χ1) is 10.7. The van der Waals surface area contributed by atoms with Crippen molar-refractivity contribution < 1.29 is 9.53 Å². The number of fused-ring (bicyclic) bond motifs is 1. The topological polar surface area (TPSA) is 45.7 Å². The summed E-state index contributed by atoms with van der Waals surface area (Å²) in [5.41, 5.74) is 0.983. The van der Waals surface area contributed by atoms with Crippen molar-refractivity contribution in [1.82, 2.24) is 9.88 Å². The van der Waals surface area contributed by atoms with E-state index in [-0.39, 0.29) is 5.97 Å². The summed E-state index contributed by atoms with van der Waals surface area (Å²) in [5.74, 6) is 0.804.